The molecule has 0 atom stereocenters. The van der Waals surface area contributed by atoms with E-state index in [9.17, 15) is 9.59 Å². The van der Waals surface area contributed by atoms with Crippen LogP contribution in [0.1, 0.15) is 70.6 Å². The minimum atomic E-state index is -0.715. The van der Waals surface area contributed by atoms with Gasteiger partial charge in [-0.2, -0.15) is 0 Å². The first kappa shape index (κ1) is 16.7. The van der Waals surface area contributed by atoms with Crippen LogP contribution < -0.4 is 0 Å². The number of carboxylic acids is 1. The molecule has 0 saturated carbocycles. The molecule has 0 aliphatic heterocycles. The average Bonchev–Trinajstić information content (AvgIpc) is 2.32. The van der Waals surface area contributed by atoms with Crippen LogP contribution in [0, 0.1) is 12.3 Å². The zero-order valence-electron chi connectivity index (χ0n) is 11.1. The first-order chi connectivity index (χ1) is 8.66. The molecule has 0 aromatic rings. The van der Waals surface area contributed by atoms with Gasteiger partial charge in [0.25, 0.3) is 0 Å². The van der Waals surface area contributed by atoms with Crippen LogP contribution in [0.3, 0.4) is 0 Å². The Hall–Kier alpha value is -1.30. The second-order valence-corrected chi connectivity index (χ2v) is 4.61. The summed E-state index contributed by atoms with van der Waals surface area (Å²) in [6.45, 7) is 0. The summed E-state index contributed by atoms with van der Waals surface area (Å²) in [6, 6.07) is 0. The molecule has 0 bridgehead atoms. The molecule has 0 aromatic heterocycles. The minimum Gasteiger partial charge on any atom is -0.481 e. The molecule has 18 heavy (non-hydrogen) atoms. The Bertz CT molecular complexity index is 276. The zero-order valence-corrected chi connectivity index (χ0v) is 11.1. The number of carboxylic acid groups (broad SMARTS) is 1. The molecule has 0 fully saturated rings. The van der Waals surface area contributed by atoms with Crippen LogP contribution in [0.25, 0.3) is 0 Å². The highest BCUT2D eigenvalue weighted by atomic mass is 16.4. The quantitative estimate of drug-likeness (QED) is 0.427. The predicted octanol–water partition coefficient (Wildman–Crippen LogP) is 3.56. The van der Waals surface area contributed by atoms with Gasteiger partial charge in [-0.15, -0.1) is 12.3 Å². The lowest BCUT2D eigenvalue weighted by molar-refractivity contribution is -0.137. The van der Waals surface area contributed by atoms with E-state index in [-0.39, 0.29) is 6.42 Å². The Morgan fingerprint density at radius 2 is 1.33 bits per heavy atom. The number of carbonyl (C=O) groups is 2. The molecule has 0 rings (SSSR count). The van der Waals surface area contributed by atoms with Gasteiger partial charge in [0, 0.05) is 25.7 Å². The van der Waals surface area contributed by atoms with Crippen molar-refractivity contribution in [3.63, 3.8) is 0 Å². The number of Topliss-reactive ketones (excluding diaryl/α,β-unsaturated/α-hetero) is 1. The second-order valence-electron chi connectivity index (χ2n) is 4.61. The highest BCUT2D eigenvalue weighted by Crippen LogP contribution is 2.10. The lowest BCUT2D eigenvalue weighted by atomic mass is 10.0. The van der Waals surface area contributed by atoms with E-state index in [1.165, 1.54) is 0 Å². The van der Waals surface area contributed by atoms with E-state index in [1.54, 1.807) is 0 Å². The summed E-state index contributed by atoms with van der Waals surface area (Å²) in [6.07, 6.45) is 14.1. The number of aliphatic carboxylic acids is 1. The first-order valence-electron chi connectivity index (χ1n) is 6.83. The molecule has 0 aromatic carbocycles. The lowest BCUT2D eigenvalue weighted by Crippen LogP contribution is -1.97. The molecule has 3 heteroatoms. The SMILES string of the molecule is C#CCCCC(=O)CCCCCCCCC(=O)O. The van der Waals surface area contributed by atoms with Crippen molar-refractivity contribution in [1.29, 1.82) is 0 Å². The fourth-order valence-electron chi connectivity index (χ4n) is 1.82. The fourth-order valence-corrected chi connectivity index (χ4v) is 1.82. The first-order valence-corrected chi connectivity index (χ1v) is 6.83. The Morgan fingerprint density at radius 1 is 0.833 bits per heavy atom. The van der Waals surface area contributed by atoms with Gasteiger partial charge in [-0.3, -0.25) is 9.59 Å². The largest absolute Gasteiger partial charge is 0.481 e. The Balaban J connectivity index is 3.17. The number of ketones is 1. The van der Waals surface area contributed by atoms with Gasteiger partial charge in [0.2, 0.25) is 0 Å². The van der Waals surface area contributed by atoms with E-state index < -0.39 is 5.97 Å². The summed E-state index contributed by atoms with van der Waals surface area (Å²) in [5.74, 6) is 2.13. The lowest BCUT2D eigenvalue weighted by Gasteiger charge is -2.01. The molecule has 0 saturated heterocycles. The number of terminal acetylenes is 1. The van der Waals surface area contributed by atoms with Gasteiger partial charge in [0.1, 0.15) is 5.78 Å². The summed E-state index contributed by atoms with van der Waals surface area (Å²) in [5, 5.41) is 8.45. The Labute approximate surface area is 110 Å². The predicted molar refractivity (Wildman–Crippen MR) is 72.3 cm³/mol. The number of hydrogen-bond acceptors (Lipinski definition) is 2. The highest BCUT2D eigenvalue weighted by molar-refractivity contribution is 5.78. The number of unbranched alkanes of at least 4 members (excludes halogenated alkanes) is 6. The van der Waals surface area contributed by atoms with Crippen LogP contribution in [0.5, 0.6) is 0 Å². The Kier molecular flexibility index (Phi) is 11.3. The van der Waals surface area contributed by atoms with Gasteiger partial charge >= 0.3 is 5.97 Å². The maximum Gasteiger partial charge on any atom is 0.303 e. The maximum absolute atomic E-state index is 11.4. The van der Waals surface area contributed by atoms with E-state index >= 15 is 0 Å². The number of rotatable bonds is 12. The summed E-state index contributed by atoms with van der Waals surface area (Å²) in [7, 11) is 0. The molecule has 102 valence electrons. The number of hydrogen-bond donors (Lipinski definition) is 1. The van der Waals surface area contributed by atoms with Crippen LogP contribution in [-0.4, -0.2) is 16.9 Å². The van der Waals surface area contributed by atoms with Gasteiger partial charge in [0.05, 0.1) is 0 Å². The third-order valence-electron chi connectivity index (χ3n) is 2.87. The molecular weight excluding hydrogens is 228 g/mol. The van der Waals surface area contributed by atoms with Crippen LogP contribution in [0.4, 0.5) is 0 Å². The van der Waals surface area contributed by atoms with Crippen molar-refractivity contribution in [2.24, 2.45) is 0 Å². The van der Waals surface area contributed by atoms with Gasteiger partial charge < -0.3 is 5.11 Å². The van der Waals surface area contributed by atoms with Crippen LogP contribution in [0.2, 0.25) is 0 Å². The molecule has 0 amide bonds. The summed E-state index contributed by atoms with van der Waals surface area (Å²) < 4.78 is 0. The Morgan fingerprint density at radius 3 is 1.89 bits per heavy atom. The van der Waals surface area contributed by atoms with Crippen molar-refractivity contribution >= 4 is 11.8 Å². The zero-order chi connectivity index (χ0) is 13.6. The molecule has 0 unspecified atom stereocenters. The van der Waals surface area contributed by atoms with Crippen LogP contribution >= 0.6 is 0 Å². The van der Waals surface area contributed by atoms with E-state index in [0.717, 1.165) is 44.9 Å². The molecule has 1 N–H and O–H groups in total. The van der Waals surface area contributed by atoms with Crippen LogP contribution in [-0.2, 0) is 9.59 Å². The molecule has 0 radical (unpaired) electrons. The normalized spacial score (nSPS) is 9.94. The van der Waals surface area contributed by atoms with Gasteiger partial charge in [-0.1, -0.05) is 25.7 Å². The van der Waals surface area contributed by atoms with E-state index in [4.69, 9.17) is 11.5 Å². The monoisotopic (exact) mass is 252 g/mol. The molecule has 0 aliphatic rings. The van der Waals surface area contributed by atoms with E-state index in [0.29, 0.717) is 25.0 Å². The van der Waals surface area contributed by atoms with Crippen molar-refractivity contribution in [1.82, 2.24) is 0 Å². The van der Waals surface area contributed by atoms with E-state index in [2.05, 4.69) is 5.92 Å². The highest BCUT2D eigenvalue weighted by Gasteiger charge is 2.01. The van der Waals surface area contributed by atoms with Gasteiger partial charge in [-0.05, 0) is 19.3 Å². The molecule has 0 heterocycles. The second kappa shape index (κ2) is 12.2. The van der Waals surface area contributed by atoms with Gasteiger partial charge in [0.15, 0.2) is 0 Å². The summed E-state index contributed by atoms with van der Waals surface area (Å²) >= 11 is 0. The van der Waals surface area contributed by atoms with Crippen molar-refractivity contribution in [3.05, 3.63) is 0 Å². The van der Waals surface area contributed by atoms with Crippen molar-refractivity contribution in [3.8, 4) is 12.3 Å². The summed E-state index contributed by atoms with van der Waals surface area (Å²) in [4.78, 5) is 21.7. The van der Waals surface area contributed by atoms with Crippen molar-refractivity contribution < 1.29 is 14.7 Å². The van der Waals surface area contributed by atoms with Crippen LogP contribution in [0.15, 0.2) is 0 Å². The molecule has 3 nitrogen and oxygen atoms in total. The third-order valence-corrected chi connectivity index (χ3v) is 2.87. The topological polar surface area (TPSA) is 54.4 Å². The maximum atomic E-state index is 11.4. The number of carbonyl (C=O) groups excluding carboxylic acids is 1. The molecular formula is C15H24O3. The molecule has 0 spiro atoms. The standard InChI is InChI=1S/C15H24O3/c1-2-3-8-11-14(16)12-9-6-4-5-7-10-13-15(17)18/h1H,3-13H2,(H,17,18). The van der Waals surface area contributed by atoms with E-state index in [1.807, 2.05) is 0 Å². The summed E-state index contributed by atoms with van der Waals surface area (Å²) in [5.41, 5.74) is 0. The van der Waals surface area contributed by atoms with Crippen molar-refractivity contribution in [2.75, 3.05) is 0 Å². The smallest absolute Gasteiger partial charge is 0.303 e. The third kappa shape index (κ3) is 12.8. The van der Waals surface area contributed by atoms with Crippen molar-refractivity contribution in [2.45, 2.75) is 70.6 Å². The molecule has 0 aliphatic carbocycles. The van der Waals surface area contributed by atoms with Gasteiger partial charge in [-0.25, -0.2) is 0 Å². The average molecular weight is 252 g/mol. The fraction of sp³-hybridized carbons (Fsp3) is 0.733. The minimum absolute atomic E-state index is 0.271.